The second-order valence-corrected chi connectivity index (χ2v) is 4.47. The lowest BCUT2D eigenvalue weighted by atomic mass is 9.92. The maximum atomic E-state index is 4.25. The van der Waals surface area contributed by atoms with Crippen molar-refractivity contribution < 1.29 is 0 Å². The van der Waals surface area contributed by atoms with Crippen molar-refractivity contribution in [3.05, 3.63) is 47.8 Å². The summed E-state index contributed by atoms with van der Waals surface area (Å²) >= 11 is 0. The Kier molecular flexibility index (Phi) is 3.58. The quantitative estimate of drug-likeness (QED) is 0.732. The van der Waals surface area contributed by atoms with Gasteiger partial charge in [-0.25, -0.2) is 0 Å². The van der Waals surface area contributed by atoms with Gasteiger partial charge in [0.05, 0.1) is 0 Å². The second-order valence-electron chi connectivity index (χ2n) is 4.47. The van der Waals surface area contributed by atoms with Crippen LogP contribution in [0, 0.1) is 0 Å². The van der Waals surface area contributed by atoms with Crippen molar-refractivity contribution in [2.45, 2.75) is 33.1 Å². The van der Waals surface area contributed by atoms with Crippen LogP contribution in [0.5, 0.6) is 0 Å². The Morgan fingerprint density at radius 3 is 2.76 bits per heavy atom. The zero-order valence-electron chi connectivity index (χ0n) is 10.8. The first-order valence-electron chi connectivity index (χ1n) is 6.27. The fraction of sp³-hybridized carbons (Fsp3) is 0.312. The van der Waals surface area contributed by atoms with Crippen molar-refractivity contribution in [3.8, 4) is 0 Å². The number of nitrogens with zero attached hydrogens (tertiary/aromatic N) is 1. The van der Waals surface area contributed by atoms with Crippen molar-refractivity contribution in [1.82, 2.24) is 4.98 Å². The molecule has 0 aliphatic carbocycles. The van der Waals surface area contributed by atoms with Crippen molar-refractivity contribution in [2.75, 3.05) is 0 Å². The summed E-state index contributed by atoms with van der Waals surface area (Å²) in [5.41, 5.74) is 2.68. The number of aromatic nitrogens is 1. The molecule has 0 aliphatic heterocycles. The van der Waals surface area contributed by atoms with Gasteiger partial charge in [-0.1, -0.05) is 38.1 Å². The van der Waals surface area contributed by atoms with E-state index >= 15 is 0 Å². The highest BCUT2D eigenvalue weighted by Gasteiger charge is 2.09. The van der Waals surface area contributed by atoms with Crippen LogP contribution in [-0.4, -0.2) is 4.98 Å². The molecule has 0 aliphatic rings. The van der Waals surface area contributed by atoms with Gasteiger partial charge in [0.15, 0.2) is 0 Å². The van der Waals surface area contributed by atoms with Gasteiger partial charge in [-0.05, 0) is 41.8 Å². The van der Waals surface area contributed by atoms with E-state index in [1.165, 1.54) is 28.3 Å². The maximum Gasteiger partial charge on any atom is 0.0352 e. The largest absolute Gasteiger partial charge is 0.264 e. The maximum absolute atomic E-state index is 4.25. The van der Waals surface area contributed by atoms with Crippen molar-refractivity contribution >= 4 is 16.8 Å². The fourth-order valence-electron chi connectivity index (χ4n) is 2.21. The minimum atomic E-state index is 0.597. The molecular weight excluding hydrogens is 206 g/mol. The molecule has 1 unspecified atom stereocenters. The van der Waals surface area contributed by atoms with Gasteiger partial charge >= 0.3 is 0 Å². The number of pyridine rings is 1. The Labute approximate surface area is 103 Å². The van der Waals surface area contributed by atoms with Gasteiger partial charge in [-0.15, -0.1) is 0 Å². The molecule has 1 atom stereocenters. The Morgan fingerprint density at radius 1 is 1.24 bits per heavy atom. The summed E-state index contributed by atoms with van der Waals surface area (Å²) < 4.78 is 0. The highest BCUT2D eigenvalue weighted by molar-refractivity contribution is 5.92. The lowest BCUT2D eigenvalue weighted by Crippen LogP contribution is -1.94. The molecule has 1 heterocycles. The molecule has 1 nitrogen and oxygen atoms in total. The number of allylic oxidation sites excluding steroid dienone is 1. The van der Waals surface area contributed by atoms with Crippen LogP contribution in [0.2, 0.25) is 0 Å². The lowest BCUT2D eigenvalue weighted by Gasteiger charge is -2.13. The Morgan fingerprint density at radius 2 is 2.06 bits per heavy atom. The minimum absolute atomic E-state index is 0.597. The first-order chi connectivity index (χ1) is 8.27. The molecule has 0 saturated carbocycles. The summed E-state index contributed by atoms with van der Waals surface area (Å²) in [5, 5.41) is 2.59. The van der Waals surface area contributed by atoms with E-state index in [1.54, 1.807) is 0 Å². The summed E-state index contributed by atoms with van der Waals surface area (Å²) in [4.78, 5) is 4.25. The summed E-state index contributed by atoms with van der Waals surface area (Å²) in [5.74, 6) is 0.597. The third-order valence-electron chi connectivity index (χ3n) is 3.38. The van der Waals surface area contributed by atoms with Crippen molar-refractivity contribution in [2.24, 2.45) is 0 Å². The van der Waals surface area contributed by atoms with Crippen LogP contribution < -0.4 is 0 Å². The van der Waals surface area contributed by atoms with Gasteiger partial charge < -0.3 is 0 Å². The molecule has 0 N–H and O–H groups in total. The van der Waals surface area contributed by atoms with Crippen LogP contribution in [0.15, 0.2) is 36.7 Å². The van der Waals surface area contributed by atoms with E-state index in [0.29, 0.717) is 5.92 Å². The zero-order valence-corrected chi connectivity index (χ0v) is 10.8. The molecule has 0 spiro atoms. The van der Waals surface area contributed by atoms with Crippen LogP contribution in [0.1, 0.15) is 44.2 Å². The predicted molar refractivity (Wildman–Crippen MR) is 75.2 cm³/mol. The molecule has 2 aromatic rings. The summed E-state index contributed by atoms with van der Waals surface area (Å²) in [6.07, 6.45) is 9.24. The molecule has 88 valence electrons. The van der Waals surface area contributed by atoms with Crippen LogP contribution in [0.25, 0.3) is 16.8 Å². The van der Waals surface area contributed by atoms with Gasteiger partial charge in [-0.3, -0.25) is 4.98 Å². The zero-order chi connectivity index (χ0) is 12.3. The van der Waals surface area contributed by atoms with E-state index in [0.717, 1.165) is 0 Å². The Balaban J connectivity index is 2.70. The van der Waals surface area contributed by atoms with Gasteiger partial charge in [0.25, 0.3) is 0 Å². The molecule has 0 radical (unpaired) electrons. The summed E-state index contributed by atoms with van der Waals surface area (Å²) in [6.45, 7) is 6.56. The first-order valence-corrected chi connectivity index (χ1v) is 6.27. The third-order valence-corrected chi connectivity index (χ3v) is 3.38. The lowest BCUT2D eigenvalue weighted by molar-refractivity contribution is 0.739. The standard InChI is InChI=1S/C16H19N/c1-4-6-13-7-8-14(12(3)5-2)15-9-10-17-11-16(13)15/h4,6-12H,5H2,1-3H3/b6-4-. The Hall–Kier alpha value is -1.63. The molecular formula is C16H19N. The summed E-state index contributed by atoms with van der Waals surface area (Å²) in [6, 6.07) is 6.58. The van der Waals surface area contributed by atoms with Crippen LogP contribution >= 0.6 is 0 Å². The van der Waals surface area contributed by atoms with E-state index < -0.39 is 0 Å². The van der Waals surface area contributed by atoms with Gasteiger partial charge in [0, 0.05) is 17.8 Å². The predicted octanol–water partition coefficient (Wildman–Crippen LogP) is 4.78. The van der Waals surface area contributed by atoms with Crippen LogP contribution in [-0.2, 0) is 0 Å². The normalized spacial score (nSPS) is 13.4. The smallest absolute Gasteiger partial charge is 0.0352 e. The molecule has 1 aromatic carbocycles. The Bertz CT molecular complexity index is 540. The number of hydrogen-bond donors (Lipinski definition) is 0. The summed E-state index contributed by atoms with van der Waals surface area (Å²) in [7, 11) is 0. The fourth-order valence-corrected chi connectivity index (χ4v) is 2.21. The highest BCUT2D eigenvalue weighted by atomic mass is 14.6. The van der Waals surface area contributed by atoms with Gasteiger partial charge in [-0.2, -0.15) is 0 Å². The monoisotopic (exact) mass is 225 g/mol. The van der Waals surface area contributed by atoms with Crippen LogP contribution in [0.3, 0.4) is 0 Å². The minimum Gasteiger partial charge on any atom is -0.264 e. The average molecular weight is 225 g/mol. The molecule has 1 aromatic heterocycles. The molecule has 1 heteroatoms. The average Bonchev–Trinajstić information content (AvgIpc) is 2.38. The van der Waals surface area contributed by atoms with E-state index in [9.17, 15) is 0 Å². The molecule has 0 saturated heterocycles. The highest BCUT2D eigenvalue weighted by Crippen LogP contribution is 2.29. The third kappa shape index (κ3) is 2.23. The van der Waals surface area contributed by atoms with Crippen molar-refractivity contribution in [3.63, 3.8) is 0 Å². The first kappa shape index (κ1) is 11.8. The number of fused-ring (bicyclic) bond motifs is 1. The molecule has 0 amide bonds. The van der Waals surface area contributed by atoms with E-state index in [1.807, 2.05) is 19.3 Å². The second kappa shape index (κ2) is 5.13. The SMILES string of the molecule is C/C=C\c1ccc(C(C)CC)c2ccncc12. The van der Waals surface area contributed by atoms with E-state index in [4.69, 9.17) is 0 Å². The topological polar surface area (TPSA) is 12.9 Å². The molecule has 2 rings (SSSR count). The van der Waals surface area contributed by atoms with E-state index in [-0.39, 0.29) is 0 Å². The molecule has 0 fully saturated rings. The van der Waals surface area contributed by atoms with Crippen molar-refractivity contribution in [1.29, 1.82) is 0 Å². The number of rotatable bonds is 3. The molecule has 0 bridgehead atoms. The number of hydrogen-bond acceptors (Lipinski definition) is 1. The van der Waals surface area contributed by atoms with Crippen LogP contribution in [0.4, 0.5) is 0 Å². The van der Waals surface area contributed by atoms with Gasteiger partial charge in [0.2, 0.25) is 0 Å². The molecule has 17 heavy (non-hydrogen) atoms. The van der Waals surface area contributed by atoms with Gasteiger partial charge in [0.1, 0.15) is 0 Å². The number of benzene rings is 1. The van der Waals surface area contributed by atoms with E-state index in [2.05, 4.69) is 49.2 Å².